The molecule has 0 saturated carbocycles. The Hall–Kier alpha value is -2.02. The molecule has 3 nitrogen and oxygen atoms in total. The molecule has 0 radical (unpaired) electrons. The van der Waals surface area contributed by atoms with Crippen LogP contribution in [0.1, 0.15) is 17.5 Å². The van der Waals surface area contributed by atoms with Crippen LogP contribution in [0.3, 0.4) is 0 Å². The Labute approximate surface area is 126 Å². The topological polar surface area (TPSA) is 44.5 Å². The van der Waals surface area contributed by atoms with Crippen molar-refractivity contribution in [2.24, 2.45) is 5.73 Å². The highest BCUT2D eigenvalue weighted by Crippen LogP contribution is 2.14. The number of nitrogens with two attached hydrogens (primary N) is 1. The molecule has 0 spiro atoms. The Morgan fingerprint density at radius 1 is 1.10 bits per heavy atom. The van der Waals surface area contributed by atoms with Gasteiger partial charge in [-0.3, -0.25) is 0 Å². The number of rotatable bonds is 9. The molecular formula is C18H21NO2. The first-order chi connectivity index (χ1) is 10.4. The maximum absolute atomic E-state index is 5.69. The molecule has 21 heavy (non-hydrogen) atoms. The molecule has 0 amide bonds. The van der Waals surface area contributed by atoms with Crippen LogP contribution in [-0.2, 0) is 17.8 Å². The van der Waals surface area contributed by atoms with Gasteiger partial charge in [-0.2, -0.15) is 0 Å². The van der Waals surface area contributed by atoms with Crippen molar-refractivity contribution in [1.29, 1.82) is 0 Å². The smallest absolute Gasteiger partial charge is 0.119 e. The van der Waals surface area contributed by atoms with E-state index in [4.69, 9.17) is 15.2 Å². The minimum Gasteiger partial charge on any atom is -0.491 e. The van der Waals surface area contributed by atoms with Gasteiger partial charge in [0.05, 0.1) is 13.2 Å². The molecule has 0 aliphatic rings. The minimum atomic E-state index is 0.539. The summed E-state index contributed by atoms with van der Waals surface area (Å²) >= 11 is 0. The Morgan fingerprint density at radius 2 is 2.05 bits per heavy atom. The predicted octanol–water partition coefficient (Wildman–Crippen LogP) is 2.77. The van der Waals surface area contributed by atoms with Crippen LogP contribution in [0.4, 0.5) is 0 Å². The van der Waals surface area contributed by atoms with E-state index < -0.39 is 0 Å². The lowest BCUT2D eigenvalue weighted by Crippen LogP contribution is -2.07. The van der Waals surface area contributed by atoms with Gasteiger partial charge >= 0.3 is 0 Å². The molecule has 110 valence electrons. The second-order valence-corrected chi connectivity index (χ2v) is 4.76. The fraction of sp³-hybridized carbons (Fsp3) is 0.333. The van der Waals surface area contributed by atoms with Crippen molar-refractivity contribution >= 4 is 0 Å². The number of aryl methyl sites for hydroxylation is 1. The molecule has 0 heterocycles. The largest absolute Gasteiger partial charge is 0.491 e. The highest BCUT2D eigenvalue weighted by Gasteiger charge is 1.98. The maximum atomic E-state index is 5.69. The van der Waals surface area contributed by atoms with Crippen LogP contribution in [0.15, 0.2) is 42.5 Å². The molecule has 3 heteroatoms. The third-order valence-corrected chi connectivity index (χ3v) is 3.03. The van der Waals surface area contributed by atoms with Crippen LogP contribution < -0.4 is 10.5 Å². The molecule has 0 aliphatic heterocycles. The minimum absolute atomic E-state index is 0.539. The van der Waals surface area contributed by atoms with E-state index in [0.29, 0.717) is 26.4 Å². The van der Waals surface area contributed by atoms with E-state index in [1.54, 1.807) is 0 Å². The van der Waals surface area contributed by atoms with Gasteiger partial charge in [0.1, 0.15) is 12.4 Å². The summed E-state index contributed by atoms with van der Waals surface area (Å²) in [7, 11) is 0. The zero-order chi connectivity index (χ0) is 14.8. The summed E-state index contributed by atoms with van der Waals surface area (Å²) < 4.78 is 11.2. The highest BCUT2D eigenvalue weighted by molar-refractivity contribution is 5.28. The van der Waals surface area contributed by atoms with Gasteiger partial charge in [-0.1, -0.05) is 30.3 Å². The van der Waals surface area contributed by atoms with Crippen LogP contribution >= 0.6 is 0 Å². The second-order valence-electron chi connectivity index (χ2n) is 4.76. The van der Waals surface area contributed by atoms with Crippen molar-refractivity contribution < 1.29 is 9.47 Å². The summed E-state index contributed by atoms with van der Waals surface area (Å²) in [4.78, 5) is 0. The van der Waals surface area contributed by atoms with Crippen LogP contribution in [0.5, 0.6) is 5.75 Å². The Bertz CT molecular complexity index is 514. The molecule has 2 aromatic rings. The van der Waals surface area contributed by atoms with Crippen LogP contribution in [0.2, 0.25) is 0 Å². The Morgan fingerprint density at radius 3 is 2.86 bits per heavy atom. The zero-order valence-electron chi connectivity index (χ0n) is 12.2. The van der Waals surface area contributed by atoms with Gasteiger partial charge in [-0.15, -0.1) is 0 Å². The van der Waals surface area contributed by atoms with Crippen molar-refractivity contribution in [1.82, 2.24) is 0 Å². The van der Waals surface area contributed by atoms with Crippen molar-refractivity contribution in [3.63, 3.8) is 0 Å². The van der Waals surface area contributed by atoms with Crippen molar-refractivity contribution in [2.75, 3.05) is 19.8 Å². The van der Waals surface area contributed by atoms with E-state index in [-0.39, 0.29) is 0 Å². The third-order valence-electron chi connectivity index (χ3n) is 3.03. The molecule has 0 aliphatic carbocycles. The molecule has 2 N–H and O–H groups in total. The number of hydrogen-bond donors (Lipinski definition) is 1. The summed E-state index contributed by atoms with van der Waals surface area (Å²) in [6.07, 6.45) is 1.99. The summed E-state index contributed by atoms with van der Waals surface area (Å²) in [5, 5.41) is 0. The maximum Gasteiger partial charge on any atom is 0.119 e. The first-order valence-corrected chi connectivity index (χ1v) is 7.25. The van der Waals surface area contributed by atoms with Gasteiger partial charge < -0.3 is 15.2 Å². The third kappa shape index (κ3) is 5.86. The first kappa shape index (κ1) is 15.4. The molecule has 0 atom stereocenters. The van der Waals surface area contributed by atoms with Crippen LogP contribution in [0.25, 0.3) is 0 Å². The standard InChI is InChI=1S/C18H21NO2/c19-11-5-9-16-8-4-10-18(14-16)21-13-12-20-15-17-6-2-1-3-7-17/h1-2,4,6,8,10,14H,5,9,11-13,15,19H2. The normalized spacial score (nSPS) is 10.1. The number of hydrogen-bond acceptors (Lipinski definition) is 3. The van der Waals surface area contributed by atoms with E-state index in [1.165, 1.54) is 5.56 Å². The number of ether oxygens (including phenoxy) is 2. The van der Waals surface area contributed by atoms with Gasteiger partial charge in [0.15, 0.2) is 0 Å². The monoisotopic (exact) mass is 283 g/mol. The van der Waals surface area contributed by atoms with Crippen molar-refractivity contribution in [2.45, 2.75) is 19.4 Å². The zero-order valence-corrected chi connectivity index (χ0v) is 12.2. The average molecular weight is 283 g/mol. The van der Waals surface area contributed by atoms with Gasteiger partial charge in [0.25, 0.3) is 0 Å². The lowest BCUT2D eigenvalue weighted by molar-refractivity contribution is 0.0889. The molecule has 0 saturated heterocycles. The fourth-order valence-corrected chi connectivity index (χ4v) is 1.97. The van der Waals surface area contributed by atoms with Gasteiger partial charge in [0, 0.05) is 5.56 Å². The van der Waals surface area contributed by atoms with Crippen LogP contribution in [-0.4, -0.2) is 19.8 Å². The quantitative estimate of drug-likeness (QED) is 0.720. The predicted molar refractivity (Wildman–Crippen MR) is 83.1 cm³/mol. The Balaban J connectivity index is 1.66. The summed E-state index contributed by atoms with van der Waals surface area (Å²) in [5.74, 6) is 0.882. The van der Waals surface area contributed by atoms with E-state index in [0.717, 1.165) is 24.2 Å². The van der Waals surface area contributed by atoms with Gasteiger partial charge in [-0.05, 0) is 49.2 Å². The number of benzene rings is 1. The van der Waals surface area contributed by atoms with Crippen molar-refractivity contribution in [3.05, 3.63) is 65.7 Å². The molecular weight excluding hydrogens is 262 g/mol. The SMILES string of the molecule is NCCCc1cccc(OCCOCc2c#cccc2)c1. The van der Waals surface area contributed by atoms with E-state index >= 15 is 0 Å². The molecule has 0 bridgehead atoms. The Kier molecular flexibility index (Phi) is 6.60. The molecule has 0 aromatic heterocycles. The highest BCUT2D eigenvalue weighted by atomic mass is 16.5. The fourth-order valence-electron chi connectivity index (χ4n) is 1.97. The van der Waals surface area contributed by atoms with Crippen molar-refractivity contribution in [3.8, 4) is 5.75 Å². The lowest BCUT2D eigenvalue weighted by Gasteiger charge is -2.08. The summed E-state index contributed by atoms with van der Waals surface area (Å²) in [6.45, 7) is 2.34. The van der Waals surface area contributed by atoms with E-state index in [2.05, 4.69) is 24.3 Å². The van der Waals surface area contributed by atoms with E-state index in [9.17, 15) is 0 Å². The average Bonchev–Trinajstić information content (AvgIpc) is 2.54. The second kappa shape index (κ2) is 9.02. The summed E-state index contributed by atoms with van der Waals surface area (Å²) in [5.41, 5.74) is 7.78. The van der Waals surface area contributed by atoms with Gasteiger partial charge in [-0.25, -0.2) is 0 Å². The lowest BCUT2D eigenvalue weighted by atomic mass is 10.1. The van der Waals surface area contributed by atoms with Crippen LogP contribution in [0, 0.1) is 12.1 Å². The van der Waals surface area contributed by atoms with E-state index in [1.807, 2.05) is 30.3 Å². The molecule has 0 unspecified atom stereocenters. The first-order valence-electron chi connectivity index (χ1n) is 7.25. The van der Waals surface area contributed by atoms with Gasteiger partial charge in [0.2, 0.25) is 0 Å². The molecule has 2 rings (SSSR count). The molecule has 2 aromatic carbocycles. The molecule has 0 fully saturated rings. The summed E-state index contributed by atoms with van der Waals surface area (Å²) in [6, 6.07) is 19.8.